The summed E-state index contributed by atoms with van der Waals surface area (Å²) in [5, 5.41) is 0. The van der Waals surface area contributed by atoms with Gasteiger partial charge in [0.2, 0.25) is 0 Å². The summed E-state index contributed by atoms with van der Waals surface area (Å²) in [7, 11) is 0. The van der Waals surface area contributed by atoms with Crippen molar-refractivity contribution < 1.29 is 0 Å². The third-order valence-electron chi connectivity index (χ3n) is 2.14. The topological polar surface area (TPSA) is 0 Å². The van der Waals surface area contributed by atoms with Crippen LogP contribution in [0.2, 0.25) is 0 Å². The van der Waals surface area contributed by atoms with Crippen molar-refractivity contribution in [3.8, 4) is 12.3 Å². The molecule has 16 heavy (non-hydrogen) atoms. The number of benzene rings is 1. The molecule has 1 aromatic rings. The first-order chi connectivity index (χ1) is 7.86. The quantitative estimate of drug-likeness (QED) is 0.541. The van der Waals surface area contributed by atoms with Crippen LogP contribution >= 0.6 is 11.8 Å². The van der Waals surface area contributed by atoms with Crippen molar-refractivity contribution in [3.63, 3.8) is 0 Å². The van der Waals surface area contributed by atoms with E-state index in [1.807, 2.05) is 6.07 Å². The van der Waals surface area contributed by atoms with Gasteiger partial charge >= 0.3 is 0 Å². The predicted octanol–water partition coefficient (Wildman–Crippen LogP) is 4.06. The molecule has 0 N–H and O–H groups in total. The Morgan fingerprint density at radius 2 is 2.12 bits per heavy atom. The SMILES string of the molecule is C#CC/C=C(\C=C/Cc1ccccc1)SC. The number of allylic oxidation sites excluding steroid dienone is 3. The summed E-state index contributed by atoms with van der Waals surface area (Å²) in [6.45, 7) is 0. The van der Waals surface area contributed by atoms with Crippen LogP contribution in [0.1, 0.15) is 12.0 Å². The molecule has 0 spiro atoms. The summed E-state index contributed by atoms with van der Waals surface area (Å²) in [5.41, 5.74) is 1.33. The molecule has 0 saturated carbocycles. The van der Waals surface area contributed by atoms with Crippen molar-refractivity contribution in [2.45, 2.75) is 12.8 Å². The molecule has 0 saturated heterocycles. The summed E-state index contributed by atoms with van der Waals surface area (Å²) in [6, 6.07) is 10.4. The Hall–Kier alpha value is -1.39. The Bertz CT molecular complexity index is 393. The Morgan fingerprint density at radius 3 is 2.75 bits per heavy atom. The fourth-order valence-corrected chi connectivity index (χ4v) is 1.79. The third-order valence-corrected chi connectivity index (χ3v) is 2.91. The molecule has 0 aliphatic carbocycles. The minimum absolute atomic E-state index is 0.700. The van der Waals surface area contributed by atoms with Crippen LogP contribution in [0.4, 0.5) is 0 Å². The Balaban J connectivity index is 2.51. The molecule has 82 valence electrons. The summed E-state index contributed by atoms with van der Waals surface area (Å²) in [4.78, 5) is 1.23. The van der Waals surface area contributed by atoms with Crippen LogP contribution in [0, 0.1) is 12.3 Å². The zero-order chi connectivity index (χ0) is 11.6. The van der Waals surface area contributed by atoms with Gasteiger partial charge in [-0.3, -0.25) is 0 Å². The highest BCUT2D eigenvalue weighted by atomic mass is 32.2. The van der Waals surface area contributed by atoms with Crippen LogP contribution in [0.5, 0.6) is 0 Å². The average molecular weight is 228 g/mol. The number of hydrogen-bond acceptors (Lipinski definition) is 1. The van der Waals surface area contributed by atoms with E-state index in [1.165, 1.54) is 10.5 Å². The highest BCUT2D eigenvalue weighted by Crippen LogP contribution is 2.14. The van der Waals surface area contributed by atoms with E-state index in [-0.39, 0.29) is 0 Å². The normalized spacial score (nSPS) is 11.6. The Kier molecular flexibility index (Phi) is 6.22. The lowest BCUT2D eigenvalue weighted by molar-refractivity contribution is 1.27. The molecule has 1 aromatic carbocycles. The van der Waals surface area contributed by atoms with Gasteiger partial charge in [-0.15, -0.1) is 24.1 Å². The predicted molar refractivity (Wildman–Crippen MR) is 74.3 cm³/mol. The average Bonchev–Trinajstić information content (AvgIpc) is 2.35. The van der Waals surface area contributed by atoms with Gasteiger partial charge < -0.3 is 0 Å². The van der Waals surface area contributed by atoms with Crippen molar-refractivity contribution >= 4 is 11.8 Å². The second-order valence-corrected chi connectivity index (χ2v) is 4.19. The molecule has 0 nitrogen and oxygen atoms in total. The monoisotopic (exact) mass is 228 g/mol. The van der Waals surface area contributed by atoms with Crippen LogP contribution < -0.4 is 0 Å². The lowest BCUT2D eigenvalue weighted by Crippen LogP contribution is -1.79. The minimum Gasteiger partial charge on any atom is -0.130 e. The van der Waals surface area contributed by atoms with Gasteiger partial charge in [-0.25, -0.2) is 0 Å². The minimum atomic E-state index is 0.700. The van der Waals surface area contributed by atoms with E-state index in [2.05, 4.69) is 54.7 Å². The molecule has 0 aromatic heterocycles. The number of hydrogen-bond donors (Lipinski definition) is 0. The number of rotatable bonds is 5. The molecule has 0 unspecified atom stereocenters. The highest BCUT2D eigenvalue weighted by molar-refractivity contribution is 8.02. The Morgan fingerprint density at radius 1 is 1.38 bits per heavy atom. The second kappa shape index (κ2) is 7.84. The summed E-state index contributed by atoms with van der Waals surface area (Å²) in [5.74, 6) is 2.62. The highest BCUT2D eigenvalue weighted by Gasteiger charge is 1.89. The summed E-state index contributed by atoms with van der Waals surface area (Å²) >= 11 is 1.72. The maximum Gasteiger partial charge on any atom is 0.0280 e. The first kappa shape index (κ1) is 12.7. The van der Waals surface area contributed by atoms with Crippen LogP contribution in [-0.2, 0) is 6.42 Å². The molecule has 0 aliphatic rings. The van der Waals surface area contributed by atoms with E-state index in [4.69, 9.17) is 6.42 Å². The largest absolute Gasteiger partial charge is 0.130 e. The standard InChI is InChI=1S/C15H16S/c1-3-4-12-15(16-2)13-8-11-14-9-6-5-7-10-14/h1,5-10,12-13H,4,11H2,2H3/b13-8-,15-12+. The molecule has 1 rings (SSSR count). The van der Waals surface area contributed by atoms with Gasteiger partial charge in [0.05, 0.1) is 0 Å². The molecular formula is C15H16S. The maximum absolute atomic E-state index is 5.22. The maximum atomic E-state index is 5.22. The van der Waals surface area contributed by atoms with Gasteiger partial charge in [0.15, 0.2) is 0 Å². The van der Waals surface area contributed by atoms with Gasteiger partial charge in [-0.1, -0.05) is 48.6 Å². The van der Waals surface area contributed by atoms with E-state index in [0.29, 0.717) is 6.42 Å². The number of thioether (sulfide) groups is 1. The van der Waals surface area contributed by atoms with Crippen LogP contribution in [-0.4, -0.2) is 6.26 Å². The zero-order valence-electron chi connectivity index (χ0n) is 9.52. The van der Waals surface area contributed by atoms with E-state index in [0.717, 1.165) is 6.42 Å². The van der Waals surface area contributed by atoms with Crippen LogP contribution in [0.15, 0.2) is 53.5 Å². The van der Waals surface area contributed by atoms with Crippen molar-refractivity contribution in [2.24, 2.45) is 0 Å². The molecule has 0 aliphatic heterocycles. The molecule has 0 fully saturated rings. The first-order valence-electron chi connectivity index (χ1n) is 5.25. The van der Waals surface area contributed by atoms with Crippen molar-refractivity contribution in [2.75, 3.05) is 6.26 Å². The van der Waals surface area contributed by atoms with E-state index in [9.17, 15) is 0 Å². The zero-order valence-corrected chi connectivity index (χ0v) is 10.3. The fourth-order valence-electron chi connectivity index (χ4n) is 1.30. The molecular weight excluding hydrogens is 212 g/mol. The van der Waals surface area contributed by atoms with Crippen molar-refractivity contribution in [1.29, 1.82) is 0 Å². The smallest absolute Gasteiger partial charge is 0.0280 e. The molecule has 0 heterocycles. The van der Waals surface area contributed by atoms with Crippen LogP contribution in [0.3, 0.4) is 0 Å². The molecule has 0 bridgehead atoms. The lowest BCUT2D eigenvalue weighted by atomic mass is 10.1. The molecule has 0 atom stereocenters. The molecule has 0 radical (unpaired) electrons. The molecule has 1 heteroatoms. The fraction of sp³-hybridized carbons (Fsp3) is 0.200. The van der Waals surface area contributed by atoms with Gasteiger partial charge in [0, 0.05) is 11.3 Å². The summed E-state index contributed by atoms with van der Waals surface area (Å²) < 4.78 is 0. The van der Waals surface area contributed by atoms with E-state index in [1.54, 1.807) is 11.8 Å². The first-order valence-corrected chi connectivity index (χ1v) is 6.47. The lowest BCUT2D eigenvalue weighted by Gasteiger charge is -1.96. The van der Waals surface area contributed by atoms with Crippen molar-refractivity contribution in [3.05, 3.63) is 59.0 Å². The third kappa shape index (κ3) is 4.91. The van der Waals surface area contributed by atoms with Gasteiger partial charge in [-0.2, -0.15) is 0 Å². The second-order valence-electron chi connectivity index (χ2n) is 3.31. The van der Waals surface area contributed by atoms with Crippen molar-refractivity contribution in [1.82, 2.24) is 0 Å². The Labute approximate surface area is 102 Å². The van der Waals surface area contributed by atoms with Gasteiger partial charge in [0.1, 0.15) is 0 Å². The summed E-state index contributed by atoms with van der Waals surface area (Å²) in [6.07, 6.45) is 15.3. The molecule has 0 amide bonds. The van der Waals surface area contributed by atoms with E-state index < -0.39 is 0 Å². The van der Waals surface area contributed by atoms with Gasteiger partial charge in [0.25, 0.3) is 0 Å². The number of terminal acetylenes is 1. The van der Waals surface area contributed by atoms with Gasteiger partial charge in [-0.05, 0) is 18.2 Å². The van der Waals surface area contributed by atoms with Crippen LogP contribution in [0.25, 0.3) is 0 Å². The van der Waals surface area contributed by atoms with E-state index >= 15 is 0 Å².